The number of rotatable bonds is 1. The number of hydrogen-bond acceptors (Lipinski definition) is 3. The molecule has 0 amide bonds. The zero-order chi connectivity index (χ0) is 10.1. The first-order valence-corrected chi connectivity index (χ1v) is 5.23. The third kappa shape index (κ3) is 1.28. The largest absolute Gasteiger partial charge is 0.392 e. The Labute approximate surface area is 90.0 Å². The molecule has 0 saturated carbocycles. The van der Waals surface area contributed by atoms with Crippen LogP contribution in [0.15, 0.2) is 17.5 Å². The number of fused-ring (bicyclic) bond motifs is 1. The number of halogens is 1. The summed E-state index contributed by atoms with van der Waals surface area (Å²) >= 11 is 7.41. The standard InChI is InChI=1S/C10H6ClNOS/c11-8-1-2-9-10(7(8)4-13)6(3-12)5-14-9/h1-2,5,13H,4H2. The Hall–Kier alpha value is -1.08. The zero-order valence-electron chi connectivity index (χ0n) is 7.12. The molecule has 0 aliphatic carbocycles. The van der Waals surface area contributed by atoms with Crippen molar-refractivity contribution < 1.29 is 5.11 Å². The molecule has 1 N–H and O–H groups in total. The number of aliphatic hydroxyl groups is 1. The van der Waals surface area contributed by atoms with Crippen LogP contribution in [0, 0.1) is 11.3 Å². The topological polar surface area (TPSA) is 44.0 Å². The predicted molar refractivity (Wildman–Crippen MR) is 57.5 cm³/mol. The van der Waals surface area contributed by atoms with Gasteiger partial charge in [-0.25, -0.2) is 0 Å². The number of aliphatic hydroxyl groups excluding tert-OH is 1. The lowest BCUT2D eigenvalue weighted by atomic mass is 10.1. The van der Waals surface area contributed by atoms with E-state index < -0.39 is 0 Å². The summed E-state index contributed by atoms with van der Waals surface area (Å²) < 4.78 is 0.981. The summed E-state index contributed by atoms with van der Waals surface area (Å²) in [5.41, 5.74) is 1.22. The Morgan fingerprint density at radius 1 is 1.50 bits per heavy atom. The van der Waals surface area contributed by atoms with Gasteiger partial charge in [-0.3, -0.25) is 0 Å². The van der Waals surface area contributed by atoms with Crippen LogP contribution in [0.1, 0.15) is 11.1 Å². The van der Waals surface area contributed by atoms with Gasteiger partial charge in [0.1, 0.15) is 6.07 Å². The van der Waals surface area contributed by atoms with Crippen molar-refractivity contribution in [1.82, 2.24) is 0 Å². The average molecular weight is 224 g/mol. The van der Waals surface area contributed by atoms with Crippen LogP contribution < -0.4 is 0 Å². The van der Waals surface area contributed by atoms with E-state index in [9.17, 15) is 0 Å². The summed E-state index contributed by atoms with van der Waals surface area (Å²) in [6.07, 6.45) is 0. The first-order valence-electron chi connectivity index (χ1n) is 3.97. The fourth-order valence-corrected chi connectivity index (χ4v) is 2.54. The highest BCUT2D eigenvalue weighted by Gasteiger charge is 2.10. The molecule has 2 nitrogen and oxygen atoms in total. The van der Waals surface area contributed by atoms with E-state index in [-0.39, 0.29) is 6.61 Å². The first-order chi connectivity index (χ1) is 6.77. The van der Waals surface area contributed by atoms with E-state index in [1.807, 2.05) is 6.07 Å². The van der Waals surface area contributed by atoms with Gasteiger partial charge in [-0.2, -0.15) is 5.26 Å². The average Bonchev–Trinajstić information content (AvgIpc) is 2.61. The summed E-state index contributed by atoms with van der Waals surface area (Å²) in [7, 11) is 0. The smallest absolute Gasteiger partial charge is 0.101 e. The summed E-state index contributed by atoms with van der Waals surface area (Å²) in [5, 5.41) is 21.1. The highest BCUT2D eigenvalue weighted by molar-refractivity contribution is 7.17. The second-order valence-corrected chi connectivity index (χ2v) is 4.14. The van der Waals surface area contributed by atoms with Gasteiger partial charge in [-0.05, 0) is 12.1 Å². The lowest BCUT2D eigenvalue weighted by Crippen LogP contribution is -1.87. The molecule has 0 fully saturated rings. The van der Waals surface area contributed by atoms with Gasteiger partial charge in [0.25, 0.3) is 0 Å². The monoisotopic (exact) mass is 223 g/mol. The molecule has 0 saturated heterocycles. The molecule has 2 rings (SSSR count). The van der Waals surface area contributed by atoms with E-state index in [4.69, 9.17) is 22.0 Å². The molecule has 0 aliphatic heterocycles. The van der Waals surface area contributed by atoms with Gasteiger partial charge in [-0.1, -0.05) is 11.6 Å². The summed E-state index contributed by atoms with van der Waals surface area (Å²) in [6, 6.07) is 5.70. The number of nitriles is 1. The van der Waals surface area contributed by atoms with Crippen LogP contribution >= 0.6 is 22.9 Å². The van der Waals surface area contributed by atoms with Crippen molar-refractivity contribution in [3.05, 3.63) is 33.7 Å². The quantitative estimate of drug-likeness (QED) is 0.808. The van der Waals surface area contributed by atoms with Crippen molar-refractivity contribution >= 4 is 33.0 Å². The van der Waals surface area contributed by atoms with E-state index >= 15 is 0 Å². The minimum atomic E-state index is -0.137. The molecule has 0 spiro atoms. The minimum absolute atomic E-state index is 0.137. The van der Waals surface area contributed by atoms with Crippen molar-refractivity contribution in [3.63, 3.8) is 0 Å². The lowest BCUT2D eigenvalue weighted by Gasteiger charge is -2.02. The van der Waals surface area contributed by atoms with Crippen LogP contribution in [0.4, 0.5) is 0 Å². The molecule has 0 atom stereocenters. The lowest BCUT2D eigenvalue weighted by molar-refractivity contribution is 0.283. The van der Waals surface area contributed by atoms with E-state index in [1.54, 1.807) is 11.4 Å². The Kier molecular flexibility index (Phi) is 2.42. The van der Waals surface area contributed by atoms with Crippen molar-refractivity contribution in [2.45, 2.75) is 6.61 Å². The van der Waals surface area contributed by atoms with Gasteiger partial charge in [0.2, 0.25) is 0 Å². The first kappa shape index (κ1) is 9.47. The molecule has 2 aromatic rings. The van der Waals surface area contributed by atoms with Crippen LogP contribution in [0.2, 0.25) is 5.02 Å². The molecule has 1 heterocycles. The fourth-order valence-electron chi connectivity index (χ4n) is 1.41. The highest BCUT2D eigenvalue weighted by Crippen LogP contribution is 2.32. The molecule has 0 bridgehead atoms. The van der Waals surface area contributed by atoms with Crippen LogP contribution in [0.5, 0.6) is 0 Å². The fraction of sp³-hybridized carbons (Fsp3) is 0.100. The van der Waals surface area contributed by atoms with Crippen molar-refractivity contribution in [2.24, 2.45) is 0 Å². The Morgan fingerprint density at radius 3 is 2.93 bits per heavy atom. The van der Waals surface area contributed by atoms with Crippen LogP contribution in [0.25, 0.3) is 10.1 Å². The molecule has 1 aromatic carbocycles. The second-order valence-electron chi connectivity index (χ2n) is 2.82. The molecular weight excluding hydrogens is 218 g/mol. The minimum Gasteiger partial charge on any atom is -0.392 e. The molecule has 14 heavy (non-hydrogen) atoms. The van der Waals surface area contributed by atoms with Crippen LogP contribution in [-0.2, 0) is 6.61 Å². The maximum atomic E-state index is 9.17. The summed E-state index contributed by atoms with van der Waals surface area (Å²) in [5.74, 6) is 0. The number of thiophene rings is 1. The van der Waals surface area contributed by atoms with Gasteiger partial charge in [0.05, 0.1) is 12.2 Å². The molecule has 4 heteroatoms. The summed E-state index contributed by atoms with van der Waals surface area (Å²) in [6.45, 7) is -0.137. The van der Waals surface area contributed by atoms with Gasteiger partial charge >= 0.3 is 0 Å². The van der Waals surface area contributed by atoms with E-state index in [0.29, 0.717) is 16.1 Å². The van der Waals surface area contributed by atoms with Crippen molar-refractivity contribution in [3.8, 4) is 6.07 Å². The molecule has 0 radical (unpaired) electrons. The molecule has 0 aliphatic rings. The zero-order valence-corrected chi connectivity index (χ0v) is 8.69. The van der Waals surface area contributed by atoms with Crippen molar-refractivity contribution in [1.29, 1.82) is 5.26 Å². The van der Waals surface area contributed by atoms with Gasteiger partial charge in [0.15, 0.2) is 0 Å². The third-order valence-corrected chi connectivity index (χ3v) is 3.37. The van der Waals surface area contributed by atoms with Gasteiger partial charge in [-0.15, -0.1) is 11.3 Å². The maximum absolute atomic E-state index is 9.17. The Balaban J connectivity index is 2.90. The van der Waals surface area contributed by atoms with E-state index in [1.165, 1.54) is 11.3 Å². The molecule has 1 aromatic heterocycles. The molecular formula is C10H6ClNOS. The second kappa shape index (κ2) is 3.58. The Bertz CT molecular complexity index is 527. The van der Waals surface area contributed by atoms with Crippen LogP contribution in [0.3, 0.4) is 0 Å². The number of benzene rings is 1. The Morgan fingerprint density at radius 2 is 2.29 bits per heavy atom. The molecule has 70 valence electrons. The summed E-state index contributed by atoms with van der Waals surface area (Å²) in [4.78, 5) is 0. The molecule has 0 unspecified atom stereocenters. The maximum Gasteiger partial charge on any atom is 0.101 e. The predicted octanol–water partition coefficient (Wildman–Crippen LogP) is 2.92. The SMILES string of the molecule is N#Cc1csc2ccc(Cl)c(CO)c12. The van der Waals surface area contributed by atoms with Gasteiger partial charge in [0, 0.05) is 26.1 Å². The van der Waals surface area contributed by atoms with Gasteiger partial charge < -0.3 is 5.11 Å². The number of nitrogens with zero attached hydrogens (tertiary/aromatic N) is 1. The van der Waals surface area contributed by atoms with E-state index in [0.717, 1.165) is 10.1 Å². The highest BCUT2D eigenvalue weighted by atomic mass is 35.5. The third-order valence-electron chi connectivity index (χ3n) is 2.07. The van der Waals surface area contributed by atoms with E-state index in [2.05, 4.69) is 6.07 Å². The number of hydrogen-bond donors (Lipinski definition) is 1. The van der Waals surface area contributed by atoms with Crippen LogP contribution in [-0.4, -0.2) is 5.11 Å². The van der Waals surface area contributed by atoms with Crippen molar-refractivity contribution in [2.75, 3.05) is 0 Å². The normalized spacial score (nSPS) is 10.4.